The van der Waals surface area contributed by atoms with Crippen molar-refractivity contribution in [2.75, 3.05) is 44.1 Å². The summed E-state index contributed by atoms with van der Waals surface area (Å²) < 4.78 is 16.0. The fourth-order valence-corrected chi connectivity index (χ4v) is 2.69. The van der Waals surface area contributed by atoms with Gasteiger partial charge < -0.3 is 24.4 Å². The summed E-state index contributed by atoms with van der Waals surface area (Å²) in [5, 5.41) is 2.77. The normalized spacial score (nSPS) is 10.1. The standard InChI is InChI=1S/C21H26N2O5/c1-16(24)22-17-9-10-20(26-2)19(15-17)23(12-11-21(25)27-3)13-14-28-18-7-5-4-6-8-18/h4-10,15H,11-14H2,1-3H3,(H,22,24). The van der Waals surface area contributed by atoms with Gasteiger partial charge in [-0.3, -0.25) is 9.59 Å². The van der Waals surface area contributed by atoms with Gasteiger partial charge in [-0.25, -0.2) is 0 Å². The van der Waals surface area contributed by atoms with Crippen LogP contribution in [0.1, 0.15) is 13.3 Å². The Morgan fingerprint density at radius 3 is 2.43 bits per heavy atom. The maximum absolute atomic E-state index is 11.6. The third-order valence-electron chi connectivity index (χ3n) is 4.03. The van der Waals surface area contributed by atoms with Gasteiger partial charge in [0.05, 0.1) is 32.9 Å². The van der Waals surface area contributed by atoms with E-state index in [0.717, 1.165) is 11.4 Å². The molecule has 0 saturated carbocycles. The minimum absolute atomic E-state index is 0.162. The number of ether oxygens (including phenoxy) is 3. The summed E-state index contributed by atoms with van der Waals surface area (Å²) in [5.74, 6) is 0.948. The Hall–Kier alpha value is -3.22. The fourth-order valence-electron chi connectivity index (χ4n) is 2.69. The van der Waals surface area contributed by atoms with Crippen molar-refractivity contribution in [3.63, 3.8) is 0 Å². The summed E-state index contributed by atoms with van der Waals surface area (Å²) >= 11 is 0. The van der Waals surface area contributed by atoms with Gasteiger partial charge in [-0.15, -0.1) is 0 Å². The van der Waals surface area contributed by atoms with Gasteiger partial charge in [0.2, 0.25) is 5.91 Å². The van der Waals surface area contributed by atoms with Gasteiger partial charge in [0.25, 0.3) is 0 Å². The Bertz CT molecular complexity index is 780. The Morgan fingerprint density at radius 1 is 1.04 bits per heavy atom. The van der Waals surface area contributed by atoms with Crippen molar-refractivity contribution in [3.05, 3.63) is 48.5 Å². The van der Waals surface area contributed by atoms with Gasteiger partial charge in [0, 0.05) is 19.2 Å². The summed E-state index contributed by atoms with van der Waals surface area (Å²) in [7, 11) is 2.94. The van der Waals surface area contributed by atoms with Gasteiger partial charge in [-0.2, -0.15) is 0 Å². The molecule has 7 nitrogen and oxygen atoms in total. The molecule has 150 valence electrons. The second-order valence-corrected chi connectivity index (χ2v) is 6.04. The average Bonchev–Trinajstić information content (AvgIpc) is 2.70. The second-order valence-electron chi connectivity index (χ2n) is 6.04. The van der Waals surface area contributed by atoms with Crippen molar-refractivity contribution >= 4 is 23.3 Å². The first kappa shape index (κ1) is 21.1. The molecule has 0 aliphatic carbocycles. The molecular weight excluding hydrogens is 360 g/mol. The smallest absolute Gasteiger partial charge is 0.307 e. The molecule has 0 fully saturated rings. The largest absolute Gasteiger partial charge is 0.495 e. The van der Waals surface area contributed by atoms with Crippen LogP contribution in [0.2, 0.25) is 0 Å². The summed E-state index contributed by atoms with van der Waals surface area (Å²) in [5.41, 5.74) is 1.41. The molecule has 0 unspecified atom stereocenters. The number of amides is 1. The number of benzene rings is 2. The predicted octanol–water partition coefficient (Wildman–Crippen LogP) is 3.10. The number of nitrogens with one attached hydrogen (secondary N) is 1. The molecule has 1 amide bonds. The van der Waals surface area contributed by atoms with Crippen molar-refractivity contribution in [1.29, 1.82) is 0 Å². The minimum atomic E-state index is -0.300. The lowest BCUT2D eigenvalue weighted by atomic mass is 10.2. The van der Waals surface area contributed by atoms with Crippen LogP contribution in [-0.2, 0) is 14.3 Å². The zero-order valence-electron chi connectivity index (χ0n) is 16.4. The molecule has 0 aliphatic heterocycles. The first-order valence-corrected chi connectivity index (χ1v) is 8.98. The molecule has 0 aromatic heterocycles. The van der Waals surface area contributed by atoms with Crippen molar-refractivity contribution in [2.45, 2.75) is 13.3 Å². The van der Waals surface area contributed by atoms with Crippen LogP contribution in [0.4, 0.5) is 11.4 Å². The summed E-state index contributed by atoms with van der Waals surface area (Å²) in [6, 6.07) is 14.9. The molecule has 0 saturated heterocycles. The molecule has 2 rings (SSSR count). The van der Waals surface area contributed by atoms with E-state index in [1.807, 2.05) is 41.3 Å². The van der Waals surface area contributed by atoms with Crippen molar-refractivity contribution in [3.8, 4) is 11.5 Å². The van der Waals surface area contributed by atoms with E-state index in [1.165, 1.54) is 14.0 Å². The molecule has 28 heavy (non-hydrogen) atoms. The molecule has 1 N–H and O–H groups in total. The number of carbonyl (C=O) groups is 2. The number of carbonyl (C=O) groups excluding carboxylic acids is 2. The van der Waals surface area contributed by atoms with Crippen LogP contribution in [-0.4, -0.2) is 45.8 Å². The van der Waals surface area contributed by atoms with E-state index in [9.17, 15) is 9.59 Å². The van der Waals surface area contributed by atoms with Gasteiger partial charge in [0.15, 0.2) is 0 Å². The summed E-state index contributed by atoms with van der Waals surface area (Å²) in [4.78, 5) is 25.0. The number of anilines is 2. The molecule has 0 heterocycles. The fraction of sp³-hybridized carbons (Fsp3) is 0.333. The van der Waals surface area contributed by atoms with Crippen LogP contribution < -0.4 is 19.7 Å². The number of hydrogen-bond donors (Lipinski definition) is 1. The number of hydrogen-bond acceptors (Lipinski definition) is 6. The van der Waals surface area contributed by atoms with Crippen LogP contribution in [0.5, 0.6) is 11.5 Å². The van der Waals surface area contributed by atoms with E-state index < -0.39 is 0 Å². The average molecular weight is 386 g/mol. The van der Waals surface area contributed by atoms with Crippen LogP contribution in [0.25, 0.3) is 0 Å². The van der Waals surface area contributed by atoms with Gasteiger partial charge in [-0.1, -0.05) is 18.2 Å². The Balaban J connectivity index is 2.18. The third-order valence-corrected chi connectivity index (χ3v) is 4.03. The molecule has 0 bridgehead atoms. The second kappa shape index (κ2) is 10.8. The first-order valence-electron chi connectivity index (χ1n) is 8.98. The van der Waals surface area contributed by atoms with E-state index in [4.69, 9.17) is 14.2 Å². The first-order chi connectivity index (χ1) is 13.5. The molecule has 7 heteroatoms. The molecule has 2 aromatic carbocycles. The van der Waals surface area contributed by atoms with E-state index in [-0.39, 0.29) is 18.3 Å². The zero-order chi connectivity index (χ0) is 20.4. The molecular formula is C21H26N2O5. The maximum Gasteiger partial charge on any atom is 0.307 e. The molecule has 0 spiro atoms. The van der Waals surface area contributed by atoms with Crippen LogP contribution >= 0.6 is 0 Å². The number of para-hydroxylation sites is 1. The van der Waals surface area contributed by atoms with Crippen LogP contribution in [0.3, 0.4) is 0 Å². The van der Waals surface area contributed by atoms with E-state index in [1.54, 1.807) is 19.2 Å². The topological polar surface area (TPSA) is 77.1 Å². The molecule has 0 aliphatic rings. The van der Waals surface area contributed by atoms with E-state index in [0.29, 0.717) is 31.1 Å². The minimum Gasteiger partial charge on any atom is -0.495 e. The number of esters is 1. The maximum atomic E-state index is 11.6. The Labute approximate surface area is 165 Å². The highest BCUT2D eigenvalue weighted by molar-refractivity contribution is 5.89. The highest BCUT2D eigenvalue weighted by Crippen LogP contribution is 2.31. The third kappa shape index (κ3) is 6.50. The summed E-state index contributed by atoms with van der Waals surface area (Å²) in [6.07, 6.45) is 0.218. The lowest BCUT2D eigenvalue weighted by Crippen LogP contribution is -2.31. The van der Waals surface area contributed by atoms with Crippen molar-refractivity contribution in [2.24, 2.45) is 0 Å². The predicted molar refractivity (Wildman–Crippen MR) is 108 cm³/mol. The Kier molecular flexibility index (Phi) is 8.14. The SMILES string of the molecule is COC(=O)CCN(CCOc1ccccc1)c1cc(NC(C)=O)ccc1OC. The van der Waals surface area contributed by atoms with Crippen molar-refractivity contribution < 1.29 is 23.8 Å². The monoisotopic (exact) mass is 386 g/mol. The molecule has 0 atom stereocenters. The van der Waals surface area contributed by atoms with Gasteiger partial charge in [0.1, 0.15) is 18.1 Å². The van der Waals surface area contributed by atoms with Crippen LogP contribution in [0, 0.1) is 0 Å². The highest BCUT2D eigenvalue weighted by atomic mass is 16.5. The number of nitrogens with zero attached hydrogens (tertiary/aromatic N) is 1. The lowest BCUT2D eigenvalue weighted by Gasteiger charge is -2.27. The lowest BCUT2D eigenvalue weighted by molar-refractivity contribution is -0.140. The molecule has 2 aromatic rings. The summed E-state index contributed by atoms with van der Waals surface area (Å²) in [6.45, 7) is 2.81. The van der Waals surface area contributed by atoms with Gasteiger partial charge in [-0.05, 0) is 30.3 Å². The zero-order valence-corrected chi connectivity index (χ0v) is 16.4. The number of rotatable bonds is 10. The molecule has 0 radical (unpaired) electrons. The van der Waals surface area contributed by atoms with E-state index >= 15 is 0 Å². The number of methoxy groups -OCH3 is 2. The van der Waals surface area contributed by atoms with Crippen LogP contribution in [0.15, 0.2) is 48.5 Å². The highest BCUT2D eigenvalue weighted by Gasteiger charge is 2.15. The van der Waals surface area contributed by atoms with Gasteiger partial charge >= 0.3 is 5.97 Å². The van der Waals surface area contributed by atoms with E-state index in [2.05, 4.69) is 5.32 Å². The Morgan fingerprint density at radius 2 is 1.79 bits per heavy atom. The quantitative estimate of drug-likeness (QED) is 0.633. The van der Waals surface area contributed by atoms with Crippen molar-refractivity contribution in [1.82, 2.24) is 0 Å².